The third-order valence-corrected chi connectivity index (χ3v) is 5.10. The molecular weight excluding hydrogens is 320 g/mol. The van der Waals surface area contributed by atoms with Crippen molar-refractivity contribution >= 4 is 11.7 Å². The molecule has 1 aromatic rings. The van der Waals surface area contributed by atoms with Crippen LogP contribution >= 0.6 is 0 Å². The van der Waals surface area contributed by atoms with Crippen molar-refractivity contribution in [1.29, 1.82) is 0 Å². The van der Waals surface area contributed by atoms with Gasteiger partial charge in [0.2, 0.25) is 12.7 Å². The van der Waals surface area contributed by atoms with E-state index in [0.717, 1.165) is 32.5 Å². The molecule has 0 radical (unpaired) electrons. The average Bonchev–Trinajstić information content (AvgIpc) is 3.05. The van der Waals surface area contributed by atoms with Crippen LogP contribution in [-0.4, -0.2) is 61.0 Å². The van der Waals surface area contributed by atoms with E-state index in [-0.39, 0.29) is 24.4 Å². The largest absolute Gasteiger partial charge is 0.454 e. The molecule has 25 heavy (non-hydrogen) atoms. The Morgan fingerprint density at radius 2 is 2.00 bits per heavy atom. The van der Waals surface area contributed by atoms with Crippen LogP contribution in [0.2, 0.25) is 0 Å². The lowest BCUT2D eigenvalue weighted by atomic mass is 9.96. The fourth-order valence-corrected chi connectivity index (χ4v) is 3.24. The minimum Gasteiger partial charge on any atom is -0.454 e. The number of carbonyl (C=O) groups is 2. The van der Waals surface area contributed by atoms with Crippen LogP contribution in [0.3, 0.4) is 0 Å². The molecule has 0 spiro atoms. The highest BCUT2D eigenvalue weighted by Gasteiger charge is 2.36. The van der Waals surface area contributed by atoms with Crippen molar-refractivity contribution in [1.82, 2.24) is 9.80 Å². The molecule has 1 fully saturated rings. The lowest BCUT2D eigenvalue weighted by Crippen LogP contribution is -2.56. The number of ketones is 1. The molecule has 3 rings (SSSR count). The molecule has 0 aromatic heterocycles. The second-order valence-corrected chi connectivity index (χ2v) is 6.87. The summed E-state index contributed by atoms with van der Waals surface area (Å²) in [6.07, 6.45) is 2.33. The minimum absolute atomic E-state index is 0.00820. The first-order chi connectivity index (χ1) is 12.0. The van der Waals surface area contributed by atoms with E-state index in [0.29, 0.717) is 17.1 Å². The van der Waals surface area contributed by atoms with Crippen LogP contribution in [-0.2, 0) is 4.79 Å². The van der Waals surface area contributed by atoms with Gasteiger partial charge in [-0.3, -0.25) is 9.59 Å². The Hall–Kier alpha value is -2.08. The van der Waals surface area contributed by atoms with E-state index in [2.05, 4.69) is 11.8 Å². The molecule has 6 nitrogen and oxygen atoms in total. The summed E-state index contributed by atoms with van der Waals surface area (Å²) in [6, 6.07) is 4.65. The van der Waals surface area contributed by atoms with Crippen molar-refractivity contribution in [2.75, 3.05) is 33.5 Å². The third-order valence-electron chi connectivity index (χ3n) is 5.10. The number of amides is 1. The van der Waals surface area contributed by atoms with Crippen LogP contribution in [0.5, 0.6) is 11.5 Å². The molecular formula is C19H26N2O4. The van der Waals surface area contributed by atoms with E-state index in [9.17, 15) is 9.59 Å². The Kier molecular flexibility index (Phi) is 5.27. The van der Waals surface area contributed by atoms with Crippen LogP contribution in [0, 0.1) is 5.92 Å². The summed E-state index contributed by atoms with van der Waals surface area (Å²) in [4.78, 5) is 29.2. The number of carbonyl (C=O) groups excluding carboxylic acids is 2. The van der Waals surface area contributed by atoms with E-state index in [1.807, 2.05) is 0 Å². The molecule has 0 saturated carbocycles. The van der Waals surface area contributed by atoms with Crippen molar-refractivity contribution < 1.29 is 19.1 Å². The van der Waals surface area contributed by atoms with Gasteiger partial charge in [0.25, 0.3) is 0 Å². The number of hydrogen-bond donors (Lipinski definition) is 0. The summed E-state index contributed by atoms with van der Waals surface area (Å²) >= 11 is 0. The molecule has 0 aliphatic carbocycles. The van der Waals surface area contributed by atoms with Crippen molar-refractivity contribution in [2.24, 2.45) is 5.92 Å². The Labute approximate surface area is 148 Å². The summed E-state index contributed by atoms with van der Waals surface area (Å²) in [5.41, 5.74) is 0.537. The van der Waals surface area contributed by atoms with Gasteiger partial charge in [0.1, 0.15) is 0 Å². The van der Waals surface area contributed by atoms with Gasteiger partial charge in [-0.1, -0.05) is 13.3 Å². The Balaban J connectivity index is 1.57. The highest BCUT2D eigenvalue weighted by atomic mass is 16.7. The highest BCUT2D eigenvalue weighted by Crippen LogP contribution is 2.33. The Morgan fingerprint density at radius 3 is 2.72 bits per heavy atom. The van der Waals surface area contributed by atoms with Crippen LogP contribution in [0.1, 0.15) is 37.0 Å². The van der Waals surface area contributed by atoms with E-state index < -0.39 is 6.04 Å². The van der Waals surface area contributed by atoms with Gasteiger partial charge in [-0.15, -0.1) is 0 Å². The molecule has 1 atom stereocenters. The maximum atomic E-state index is 12.7. The van der Waals surface area contributed by atoms with Gasteiger partial charge in [0.05, 0.1) is 12.0 Å². The Bertz CT molecular complexity index is 655. The average molecular weight is 346 g/mol. The summed E-state index contributed by atoms with van der Waals surface area (Å²) in [5, 5.41) is 0. The van der Waals surface area contributed by atoms with Gasteiger partial charge in [-0.05, 0) is 38.1 Å². The molecule has 0 bridgehead atoms. The zero-order valence-corrected chi connectivity index (χ0v) is 15.2. The minimum atomic E-state index is -0.502. The molecule has 1 saturated heterocycles. The third kappa shape index (κ3) is 3.63. The van der Waals surface area contributed by atoms with E-state index >= 15 is 0 Å². The number of nitrogens with zero attached hydrogens (tertiary/aromatic N) is 2. The van der Waals surface area contributed by atoms with Gasteiger partial charge < -0.3 is 19.3 Å². The number of Topliss-reactive ketones (excluding diaryl/α,β-unsaturated/α-hetero) is 1. The predicted octanol–water partition coefficient (Wildman–Crippen LogP) is 2.18. The number of fused-ring (bicyclic) bond motifs is 1. The summed E-state index contributed by atoms with van der Waals surface area (Å²) in [7, 11) is 1.71. The molecule has 6 heteroatoms. The van der Waals surface area contributed by atoms with E-state index in [1.54, 1.807) is 37.1 Å². The van der Waals surface area contributed by atoms with Gasteiger partial charge >= 0.3 is 0 Å². The van der Waals surface area contributed by atoms with Gasteiger partial charge in [-0.25, -0.2) is 0 Å². The maximum absolute atomic E-state index is 12.7. The fraction of sp³-hybridized carbons (Fsp3) is 0.579. The monoisotopic (exact) mass is 346 g/mol. The number of likely N-dealkylation sites (N-methyl/N-ethyl adjacent to an activating group) is 1. The van der Waals surface area contributed by atoms with Crippen LogP contribution in [0.4, 0.5) is 0 Å². The number of unbranched alkanes of at least 4 members (excludes halogenated alkanes) is 1. The zero-order chi connectivity index (χ0) is 18.0. The van der Waals surface area contributed by atoms with Crippen LogP contribution in [0.25, 0.3) is 0 Å². The molecule has 2 aliphatic heterocycles. The quantitative estimate of drug-likeness (QED) is 0.708. The molecule has 1 aromatic carbocycles. The number of hydrogen-bond acceptors (Lipinski definition) is 5. The molecule has 0 N–H and O–H groups in total. The highest BCUT2D eigenvalue weighted by molar-refractivity contribution is 6.02. The number of rotatable bonds is 7. The molecule has 2 aliphatic rings. The number of ether oxygens (including phenoxy) is 2. The normalized spacial score (nSPS) is 17.9. The second-order valence-electron chi connectivity index (χ2n) is 6.87. The zero-order valence-electron chi connectivity index (χ0n) is 15.2. The topological polar surface area (TPSA) is 59.1 Å². The lowest BCUT2D eigenvalue weighted by molar-refractivity contribution is -0.140. The first-order valence-corrected chi connectivity index (χ1v) is 8.94. The van der Waals surface area contributed by atoms with Gasteiger partial charge in [-0.2, -0.15) is 0 Å². The molecule has 2 heterocycles. The smallest absolute Gasteiger partial charge is 0.231 e. The molecule has 1 unspecified atom stereocenters. The molecule has 1 amide bonds. The van der Waals surface area contributed by atoms with Crippen LogP contribution in [0.15, 0.2) is 18.2 Å². The number of likely N-dealkylation sites (tertiary alicyclic amines) is 1. The second kappa shape index (κ2) is 7.44. The molecule has 136 valence electrons. The fourth-order valence-electron chi connectivity index (χ4n) is 3.24. The standard InChI is InChI=1S/C19H26N2O4/c1-4-5-8-21-10-15(11-21)19(23)20(3)13(2)18(22)14-6-7-16-17(9-14)25-12-24-16/h6-7,9,13,15H,4-5,8,10-12H2,1-3H3. The van der Waals surface area contributed by atoms with Crippen molar-refractivity contribution in [3.63, 3.8) is 0 Å². The van der Waals surface area contributed by atoms with Crippen molar-refractivity contribution in [3.8, 4) is 11.5 Å². The lowest BCUT2D eigenvalue weighted by Gasteiger charge is -2.40. The summed E-state index contributed by atoms with van der Waals surface area (Å²) < 4.78 is 10.6. The van der Waals surface area contributed by atoms with E-state index in [4.69, 9.17) is 9.47 Å². The maximum Gasteiger partial charge on any atom is 0.231 e. The van der Waals surface area contributed by atoms with Gasteiger partial charge in [0.15, 0.2) is 17.3 Å². The predicted molar refractivity (Wildman–Crippen MR) is 94.0 cm³/mol. The first kappa shape index (κ1) is 17.7. The number of benzene rings is 1. The van der Waals surface area contributed by atoms with Gasteiger partial charge in [0, 0.05) is 25.7 Å². The summed E-state index contributed by atoms with van der Waals surface area (Å²) in [6.45, 7) is 6.77. The SMILES string of the molecule is CCCCN1CC(C(=O)N(C)C(C)C(=O)c2ccc3c(c2)OCO3)C1. The van der Waals surface area contributed by atoms with Crippen molar-refractivity contribution in [3.05, 3.63) is 23.8 Å². The summed E-state index contributed by atoms with van der Waals surface area (Å²) in [5.74, 6) is 1.20. The van der Waals surface area contributed by atoms with Crippen LogP contribution < -0.4 is 9.47 Å². The Morgan fingerprint density at radius 1 is 1.28 bits per heavy atom. The van der Waals surface area contributed by atoms with Crippen molar-refractivity contribution in [2.45, 2.75) is 32.7 Å². The van der Waals surface area contributed by atoms with E-state index in [1.165, 1.54) is 0 Å². The first-order valence-electron chi connectivity index (χ1n) is 8.94.